The number of hydrogen-bond donors (Lipinski definition) is 0. The molecule has 0 unspecified atom stereocenters. The molecule has 0 amide bonds. The Balaban J connectivity index is 0.000000233. The number of para-hydroxylation sites is 1. The summed E-state index contributed by atoms with van der Waals surface area (Å²) in [7, 11) is 9.78. The van der Waals surface area contributed by atoms with E-state index >= 15 is 0 Å². The van der Waals surface area contributed by atoms with E-state index in [9.17, 15) is 0 Å². The summed E-state index contributed by atoms with van der Waals surface area (Å²) in [6.07, 6.45) is 5.06. The third kappa shape index (κ3) is 4.60. The van der Waals surface area contributed by atoms with Crippen molar-refractivity contribution in [3.63, 3.8) is 0 Å². The molecule has 0 saturated heterocycles. The fourth-order valence-electron chi connectivity index (χ4n) is 4.37. The summed E-state index contributed by atoms with van der Waals surface area (Å²) in [5.74, 6) is 0. The monoisotopic (exact) mass is 467 g/mol. The van der Waals surface area contributed by atoms with Crippen LogP contribution in [-0.4, -0.2) is 4.57 Å². The smallest absolute Gasteiger partial charge is 0.0516 e. The zero-order chi connectivity index (χ0) is 20.8. The van der Waals surface area contributed by atoms with Crippen molar-refractivity contribution in [1.29, 1.82) is 0 Å². The van der Waals surface area contributed by atoms with Crippen LogP contribution in [0.25, 0.3) is 27.4 Å². The van der Waals surface area contributed by atoms with E-state index in [0.717, 1.165) is 0 Å². The van der Waals surface area contributed by atoms with Gasteiger partial charge in [0.25, 0.3) is 0 Å². The number of rotatable bonds is 1. The molecule has 1 heterocycles. The Morgan fingerprint density at radius 3 is 2.27 bits per heavy atom. The van der Waals surface area contributed by atoms with Gasteiger partial charge in [-0.15, -0.1) is 41.1 Å². The van der Waals surface area contributed by atoms with Crippen LogP contribution in [-0.2, 0) is 29.9 Å². The van der Waals surface area contributed by atoms with Crippen molar-refractivity contribution >= 4 is 40.3 Å². The Hall–Kier alpha value is -1.77. The molecular weight excluding hydrogens is 445 g/mol. The Morgan fingerprint density at radius 2 is 1.53 bits per heavy atom. The molecule has 1 aromatic heterocycles. The number of nitrogens with zero attached hydrogens (tertiary/aromatic N) is 1. The van der Waals surface area contributed by atoms with E-state index < -0.39 is 17.0 Å². The van der Waals surface area contributed by atoms with Crippen LogP contribution in [0.15, 0.2) is 91.0 Å². The average Bonchev–Trinajstić information content (AvgIpc) is 3.53. The molecule has 0 radical (unpaired) electrons. The molecule has 1 nitrogen and oxygen atoms in total. The first-order valence-corrected chi connectivity index (χ1v) is 14.5. The summed E-state index contributed by atoms with van der Waals surface area (Å²) in [4.78, 5) is 0. The first kappa shape index (κ1) is 21.5. The van der Waals surface area contributed by atoms with Gasteiger partial charge < -0.3 is 4.57 Å². The number of hydrogen-bond acceptors (Lipinski definition) is 0. The van der Waals surface area contributed by atoms with E-state index in [4.69, 9.17) is 18.6 Å². The molecule has 0 aliphatic heterocycles. The van der Waals surface area contributed by atoms with E-state index in [0.29, 0.717) is 0 Å². The fourth-order valence-corrected chi connectivity index (χ4v) is 4.37. The quantitative estimate of drug-likeness (QED) is 0.173. The van der Waals surface area contributed by atoms with Crippen LogP contribution in [0.5, 0.6) is 0 Å². The Labute approximate surface area is 194 Å². The van der Waals surface area contributed by atoms with Crippen LogP contribution >= 0.6 is 18.6 Å². The number of halogens is 2. The van der Waals surface area contributed by atoms with Crippen LogP contribution in [0.3, 0.4) is 0 Å². The molecule has 1 aliphatic carbocycles. The van der Waals surface area contributed by atoms with Crippen molar-refractivity contribution in [3.05, 3.63) is 102 Å². The normalized spacial score (nSPS) is 12.5. The van der Waals surface area contributed by atoms with Crippen molar-refractivity contribution in [1.82, 2.24) is 4.57 Å². The van der Waals surface area contributed by atoms with E-state index in [2.05, 4.69) is 65.2 Å². The first-order valence-electron chi connectivity index (χ1n) is 10.2. The molecular formula is C26H23Cl2NTi-2. The van der Waals surface area contributed by atoms with Gasteiger partial charge in [-0.1, -0.05) is 24.3 Å². The van der Waals surface area contributed by atoms with E-state index in [1.165, 1.54) is 58.7 Å². The van der Waals surface area contributed by atoms with Gasteiger partial charge in [0.15, 0.2) is 0 Å². The molecule has 6 rings (SSSR count). The maximum atomic E-state index is 4.89. The van der Waals surface area contributed by atoms with Gasteiger partial charge in [-0.3, -0.25) is 0 Å². The second-order valence-electron chi connectivity index (χ2n) is 7.36. The van der Waals surface area contributed by atoms with Crippen LogP contribution in [0.1, 0.15) is 24.1 Å². The van der Waals surface area contributed by atoms with Gasteiger partial charge in [-0.25, -0.2) is 12.1 Å². The van der Waals surface area contributed by atoms with E-state index in [1.54, 1.807) is 5.56 Å². The van der Waals surface area contributed by atoms with Crippen molar-refractivity contribution in [2.45, 2.75) is 25.7 Å². The largest absolute Gasteiger partial charge is 0.332 e. The minimum atomic E-state index is -0.556. The number of fused-ring (bicyclic) bond motifs is 4. The minimum absolute atomic E-state index is 0.556. The van der Waals surface area contributed by atoms with Crippen LogP contribution in [0, 0.1) is 0 Å². The predicted molar refractivity (Wildman–Crippen MR) is 127 cm³/mol. The standard InChI is InChI=1S/C21H18N.C5H5.2ClH.Ti/c1-2-8-16-14-17(13-15(16)7-1)22-20-11-5-3-9-18(20)19-10-4-6-12-21(19)22;1-2-4-5-3-1;;;/h1-3,5,7-9,11,13-14H,4,6,10,12H2;1-5H;2*1H;/q2*-1;;;+2/p-2. The van der Waals surface area contributed by atoms with Crippen molar-refractivity contribution in [2.24, 2.45) is 0 Å². The van der Waals surface area contributed by atoms with Gasteiger partial charge in [0.2, 0.25) is 0 Å². The molecule has 4 heteroatoms. The summed E-state index contributed by atoms with van der Waals surface area (Å²) >= 11 is -0.556. The molecule has 0 spiro atoms. The molecule has 0 atom stereocenters. The minimum Gasteiger partial charge on any atom is -0.332 e. The zero-order valence-corrected chi connectivity index (χ0v) is 19.8. The Morgan fingerprint density at radius 1 is 0.833 bits per heavy atom. The van der Waals surface area contributed by atoms with Gasteiger partial charge in [-0.05, 0) is 43.0 Å². The van der Waals surface area contributed by atoms with Gasteiger partial charge in [0.1, 0.15) is 0 Å². The summed E-state index contributed by atoms with van der Waals surface area (Å²) in [6.45, 7) is 0. The summed E-state index contributed by atoms with van der Waals surface area (Å²) in [5, 5.41) is 4.11. The molecule has 0 bridgehead atoms. The third-order valence-electron chi connectivity index (χ3n) is 5.60. The van der Waals surface area contributed by atoms with Gasteiger partial charge in [-0.2, -0.15) is 18.2 Å². The van der Waals surface area contributed by atoms with E-state index in [-0.39, 0.29) is 0 Å². The summed E-state index contributed by atoms with van der Waals surface area (Å²) < 4.78 is 2.50. The Kier molecular flexibility index (Phi) is 7.52. The van der Waals surface area contributed by atoms with Crippen molar-refractivity contribution in [2.75, 3.05) is 0 Å². The fraction of sp³-hybridized carbons (Fsp3) is 0.154. The van der Waals surface area contributed by atoms with E-state index in [1.807, 2.05) is 30.3 Å². The predicted octanol–water partition coefficient (Wildman–Crippen LogP) is 8.16. The molecule has 1 aliphatic rings. The van der Waals surface area contributed by atoms with Gasteiger partial charge in [0.05, 0.1) is 5.52 Å². The summed E-state index contributed by atoms with van der Waals surface area (Å²) in [5.41, 5.74) is 5.79. The molecule has 0 saturated carbocycles. The maximum absolute atomic E-state index is 4.89. The van der Waals surface area contributed by atoms with Crippen molar-refractivity contribution in [3.8, 4) is 5.69 Å². The molecule has 0 N–H and O–H groups in total. The third-order valence-corrected chi connectivity index (χ3v) is 5.60. The molecule has 152 valence electrons. The molecule has 30 heavy (non-hydrogen) atoms. The molecule has 5 aromatic rings. The molecule has 0 fully saturated rings. The summed E-state index contributed by atoms with van der Waals surface area (Å²) in [6, 6.07) is 32.2. The Bertz CT molecular complexity index is 1150. The van der Waals surface area contributed by atoms with Gasteiger partial charge in [0, 0.05) is 11.1 Å². The van der Waals surface area contributed by atoms with Crippen LogP contribution in [0.4, 0.5) is 0 Å². The topological polar surface area (TPSA) is 4.93 Å². The zero-order valence-electron chi connectivity index (χ0n) is 16.7. The number of aromatic nitrogens is 1. The maximum Gasteiger partial charge on any atom is 0.0516 e. The second-order valence-corrected chi connectivity index (χ2v) is 9.94. The van der Waals surface area contributed by atoms with Crippen LogP contribution in [0.2, 0.25) is 0 Å². The average molecular weight is 468 g/mol. The van der Waals surface area contributed by atoms with Crippen molar-refractivity contribution < 1.29 is 17.0 Å². The van der Waals surface area contributed by atoms with Gasteiger partial charge >= 0.3 is 35.6 Å². The SMILES string of the molecule is [Cl][Ti][Cl].c1cc[cH-]c1.c1ccc2[cH-]c(-n3c4c(c5ccccc53)CCCC4)cc2c1. The van der Waals surface area contributed by atoms with Crippen LogP contribution < -0.4 is 0 Å². The number of benzene rings is 2. The first-order chi connectivity index (χ1) is 14.8. The second kappa shape index (κ2) is 10.5. The number of aryl methyl sites for hydroxylation is 1. The molecule has 4 aromatic carbocycles.